The van der Waals surface area contributed by atoms with Crippen molar-refractivity contribution >= 4 is 34.7 Å². The molecular formula is C29H22N2O7. The van der Waals surface area contributed by atoms with E-state index in [-0.39, 0.29) is 11.4 Å². The van der Waals surface area contributed by atoms with E-state index in [9.17, 15) is 24.5 Å². The number of anilines is 1. The maximum absolute atomic E-state index is 14.0. The van der Waals surface area contributed by atoms with Crippen LogP contribution in [-0.4, -0.2) is 29.8 Å². The van der Waals surface area contributed by atoms with Crippen molar-refractivity contribution in [1.29, 1.82) is 0 Å². The molecule has 0 unspecified atom stereocenters. The number of nitrogens with zero attached hydrogens (tertiary/aromatic N) is 2. The number of methoxy groups -OCH3 is 1. The molecule has 9 nitrogen and oxygen atoms in total. The standard InChI is InChI=1S/C29H22N2O7/c1-15-8-10-18-20-14-19(16-6-4-3-5-7-16)24-26(25(20)29(34)38-23(18)12-15)28(33)30(27(24)32)21-11-9-17(37-2)13-22(21)31(35)36/h3-14,19,24-26H,1-2H3/t19-,24+,25+,26-/m0/s1. The molecule has 1 fully saturated rings. The second-order valence-corrected chi connectivity index (χ2v) is 9.63. The molecule has 2 heterocycles. The summed E-state index contributed by atoms with van der Waals surface area (Å²) in [6, 6.07) is 18.7. The summed E-state index contributed by atoms with van der Waals surface area (Å²) in [5.74, 6) is -4.86. The molecule has 3 aliphatic rings. The van der Waals surface area contributed by atoms with Gasteiger partial charge in [-0.3, -0.25) is 24.5 Å². The van der Waals surface area contributed by atoms with Crippen molar-refractivity contribution in [3.8, 4) is 11.5 Å². The first-order chi connectivity index (χ1) is 18.3. The van der Waals surface area contributed by atoms with Crippen LogP contribution in [0, 0.1) is 34.8 Å². The molecule has 0 aromatic heterocycles. The number of nitro benzene ring substituents is 1. The van der Waals surface area contributed by atoms with Gasteiger partial charge in [0, 0.05) is 11.5 Å². The van der Waals surface area contributed by atoms with E-state index in [4.69, 9.17) is 9.47 Å². The van der Waals surface area contributed by atoms with Gasteiger partial charge in [0.2, 0.25) is 11.8 Å². The molecule has 0 radical (unpaired) electrons. The predicted molar refractivity (Wildman–Crippen MR) is 137 cm³/mol. The van der Waals surface area contributed by atoms with Gasteiger partial charge >= 0.3 is 5.97 Å². The lowest BCUT2D eigenvalue weighted by Crippen LogP contribution is -2.42. The van der Waals surface area contributed by atoms with E-state index in [0.29, 0.717) is 16.9 Å². The summed E-state index contributed by atoms with van der Waals surface area (Å²) in [6.07, 6.45) is 1.88. The molecular weight excluding hydrogens is 488 g/mol. The van der Waals surface area contributed by atoms with Gasteiger partial charge in [-0.2, -0.15) is 0 Å². The lowest BCUT2D eigenvalue weighted by Gasteiger charge is -2.38. The Morgan fingerprint density at radius 3 is 2.39 bits per heavy atom. The van der Waals surface area contributed by atoms with Crippen molar-refractivity contribution < 1.29 is 28.8 Å². The first kappa shape index (κ1) is 23.6. The number of carbonyl (C=O) groups excluding carboxylic acids is 3. The Morgan fingerprint density at radius 1 is 0.947 bits per heavy atom. The topological polar surface area (TPSA) is 116 Å². The summed E-state index contributed by atoms with van der Waals surface area (Å²) in [5, 5.41) is 11.9. The van der Waals surface area contributed by atoms with E-state index in [2.05, 4.69) is 0 Å². The number of carbonyl (C=O) groups is 3. The highest BCUT2D eigenvalue weighted by Gasteiger charge is 2.61. The Balaban J connectivity index is 1.55. The molecule has 6 rings (SSSR count). The number of fused-ring (bicyclic) bond motifs is 5. The molecule has 0 spiro atoms. The number of imide groups is 1. The zero-order chi connectivity index (χ0) is 26.7. The van der Waals surface area contributed by atoms with Gasteiger partial charge in [0.25, 0.3) is 5.69 Å². The van der Waals surface area contributed by atoms with E-state index in [0.717, 1.165) is 16.0 Å². The fraction of sp³-hybridized carbons (Fsp3) is 0.207. The molecule has 4 atom stereocenters. The summed E-state index contributed by atoms with van der Waals surface area (Å²) in [6.45, 7) is 1.89. The molecule has 190 valence electrons. The zero-order valence-corrected chi connectivity index (χ0v) is 20.5. The molecule has 2 amide bonds. The van der Waals surface area contributed by atoms with Gasteiger partial charge in [-0.15, -0.1) is 0 Å². The summed E-state index contributed by atoms with van der Waals surface area (Å²) in [7, 11) is 1.37. The number of esters is 1. The number of amides is 2. The number of aryl methyl sites for hydroxylation is 1. The van der Waals surface area contributed by atoms with Crippen LogP contribution in [0.5, 0.6) is 11.5 Å². The Kier molecular flexibility index (Phi) is 5.37. The van der Waals surface area contributed by atoms with Crippen LogP contribution >= 0.6 is 0 Å². The number of hydrogen-bond donors (Lipinski definition) is 0. The predicted octanol–water partition coefficient (Wildman–Crippen LogP) is 4.43. The molecule has 0 N–H and O–H groups in total. The summed E-state index contributed by atoms with van der Waals surface area (Å²) in [4.78, 5) is 53.5. The third kappa shape index (κ3) is 3.42. The number of allylic oxidation sites excluding steroid dienone is 1. The smallest absolute Gasteiger partial charge is 0.319 e. The van der Waals surface area contributed by atoms with Crippen LogP contribution in [-0.2, 0) is 14.4 Å². The number of ether oxygens (including phenoxy) is 2. The monoisotopic (exact) mass is 510 g/mol. The summed E-state index contributed by atoms with van der Waals surface area (Å²) >= 11 is 0. The van der Waals surface area contributed by atoms with Crippen LogP contribution < -0.4 is 14.4 Å². The van der Waals surface area contributed by atoms with Crippen molar-refractivity contribution in [3.63, 3.8) is 0 Å². The van der Waals surface area contributed by atoms with Gasteiger partial charge in [-0.05, 0) is 41.8 Å². The molecule has 1 saturated heterocycles. The van der Waals surface area contributed by atoms with Crippen molar-refractivity contribution in [3.05, 3.63) is 99.6 Å². The Morgan fingerprint density at radius 2 is 1.68 bits per heavy atom. The zero-order valence-electron chi connectivity index (χ0n) is 20.5. The SMILES string of the molecule is COc1ccc(N2C(=O)[C@@H]3[C@@H]4C(=O)Oc5cc(C)ccc5C4=C[C@@H](c4ccccc4)[C@H]3C2=O)c([N+](=O)[O-])c1. The van der Waals surface area contributed by atoms with Crippen molar-refractivity contribution in [2.75, 3.05) is 12.0 Å². The molecule has 0 bridgehead atoms. The van der Waals surface area contributed by atoms with Crippen LogP contribution in [0.4, 0.5) is 11.4 Å². The van der Waals surface area contributed by atoms with Crippen LogP contribution in [0.3, 0.4) is 0 Å². The van der Waals surface area contributed by atoms with Crippen molar-refractivity contribution in [2.45, 2.75) is 12.8 Å². The molecule has 9 heteroatoms. The molecule has 3 aromatic rings. The number of benzene rings is 3. The number of hydrogen-bond acceptors (Lipinski definition) is 7. The van der Waals surface area contributed by atoms with Gasteiger partial charge in [-0.1, -0.05) is 48.5 Å². The first-order valence-corrected chi connectivity index (χ1v) is 12.1. The lowest BCUT2D eigenvalue weighted by atomic mass is 9.64. The van der Waals surface area contributed by atoms with Gasteiger partial charge in [0.1, 0.15) is 17.2 Å². The van der Waals surface area contributed by atoms with Gasteiger partial charge in [0.15, 0.2) is 0 Å². The Bertz CT molecular complexity index is 1560. The number of rotatable bonds is 4. The minimum absolute atomic E-state index is 0.159. The molecule has 0 saturated carbocycles. The van der Waals surface area contributed by atoms with Gasteiger partial charge < -0.3 is 9.47 Å². The maximum atomic E-state index is 14.0. The second kappa shape index (κ2) is 8.65. The lowest BCUT2D eigenvalue weighted by molar-refractivity contribution is -0.384. The molecule has 3 aromatic carbocycles. The fourth-order valence-electron chi connectivity index (χ4n) is 5.87. The van der Waals surface area contributed by atoms with Crippen LogP contribution in [0.25, 0.3) is 5.57 Å². The molecule has 38 heavy (non-hydrogen) atoms. The third-order valence-corrected chi connectivity index (χ3v) is 7.56. The van der Waals surface area contributed by atoms with Crippen molar-refractivity contribution in [2.24, 2.45) is 17.8 Å². The Labute approximate surface area is 217 Å². The molecule has 2 aliphatic heterocycles. The fourth-order valence-corrected chi connectivity index (χ4v) is 5.87. The van der Waals surface area contributed by atoms with Gasteiger partial charge in [0.05, 0.1) is 35.9 Å². The minimum Gasteiger partial charge on any atom is -0.496 e. The average Bonchev–Trinajstić information content (AvgIpc) is 3.17. The highest BCUT2D eigenvalue weighted by atomic mass is 16.6. The third-order valence-electron chi connectivity index (χ3n) is 7.56. The highest BCUT2D eigenvalue weighted by molar-refractivity contribution is 6.25. The van der Waals surface area contributed by atoms with E-state index in [1.54, 1.807) is 6.07 Å². The van der Waals surface area contributed by atoms with E-state index in [1.807, 2.05) is 55.5 Å². The summed E-state index contributed by atoms with van der Waals surface area (Å²) in [5.41, 5.74) is 2.42. The summed E-state index contributed by atoms with van der Waals surface area (Å²) < 4.78 is 10.8. The van der Waals surface area contributed by atoms with Crippen LogP contribution in [0.1, 0.15) is 22.6 Å². The van der Waals surface area contributed by atoms with Crippen LogP contribution in [0.2, 0.25) is 0 Å². The maximum Gasteiger partial charge on any atom is 0.319 e. The molecule has 1 aliphatic carbocycles. The highest BCUT2D eigenvalue weighted by Crippen LogP contribution is 2.55. The van der Waals surface area contributed by atoms with E-state index in [1.165, 1.54) is 25.3 Å². The Hall–Kier alpha value is -4.79. The van der Waals surface area contributed by atoms with Crippen molar-refractivity contribution in [1.82, 2.24) is 0 Å². The first-order valence-electron chi connectivity index (χ1n) is 12.1. The second-order valence-electron chi connectivity index (χ2n) is 9.63. The van der Waals surface area contributed by atoms with Gasteiger partial charge in [-0.25, -0.2) is 4.90 Å². The average molecular weight is 511 g/mol. The van der Waals surface area contributed by atoms with Crippen LogP contribution in [0.15, 0.2) is 72.8 Å². The largest absolute Gasteiger partial charge is 0.496 e. The normalized spacial score (nSPS) is 23.7. The minimum atomic E-state index is -1.09. The van der Waals surface area contributed by atoms with E-state index >= 15 is 0 Å². The number of nitro groups is 1. The van der Waals surface area contributed by atoms with E-state index < -0.39 is 52.1 Å². The quantitative estimate of drug-likeness (QED) is 0.168.